The topological polar surface area (TPSA) is 70.2 Å². The summed E-state index contributed by atoms with van der Waals surface area (Å²) >= 11 is 0. The Morgan fingerprint density at radius 3 is 2.34 bits per heavy atom. The van der Waals surface area contributed by atoms with Crippen molar-refractivity contribution in [1.29, 1.82) is 0 Å². The molecule has 1 unspecified atom stereocenters. The fraction of sp³-hybridized carbons (Fsp3) is 0.343. The summed E-state index contributed by atoms with van der Waals surface area (Å²) in [7, 11) is 2.02. The van der Waals surface area contributed by atoms with E-state index in [9.17, 15) is 0 Å². The molecule has 6 nitrogen and oxygen atoms in total. The van der Waals surface area contributed by atoms with Crippen molar-refractivity contribution in [3.05, 3.63) is 113 Å². The van der Waals surface area contributed by atoms with Gasteiger partial charge in [0, 0.05) is 30.0 Å². The molecule has 1 aromatic heterocycles. The summed E-state index contributed by atoms with van der Waals surface area (Å²) in [6, 6.07) is 27.6. The lowest BCUT2D eigenvalue weighted by atomic mass is 9.96. The molecular weight excluding hydrogens is 506 g/mol. The number of aromatic nitrogens is 1. The molecule has 0 amide bonds. The van der Waals surface area contributed by atoms with Crippen molar-refractivity contribution >= 4 is 11.5 Å². The standard InChI is InChI=1S/C35H43N5O/c1-4-25-11-12-28(26(5-2)23-25)24-39-35-33(32(19-22-38-35)40-29-17-20-37-21-18-29)34(36-3)27-13-15-31(16-14-27)41-30-9-7-6-8-10-30/h6-16,19,22-23,29,34,36-37H,4-5,17-18,20-21,24H2,1-3H3,(H2,38,39,40). The highest BCUT2D eigenvalue weighted by atomic mass is 16.5. The van der Waals surface area contributed by atoms with E-state index in [1.54, 1.807) is 0 Å². The number of rotatable bonds is 12. The monoisotopic (exact) mass is 549 g/mol. The first-order valence-electron chi connectivity index (χ1n) is 15.0. The minimum absolute atomic E-state index is 0.0608. The van der Waals surface area contributed by atoms with Gasteiger partial charge in [-0.15, -0.1) is 0 Å². The maximum Gasteiger partial charge on any atom is 0.133 e. The molecule has 0 spiro atoms. The van der Waals surface area contributed by atoms with E-state index in [1.807, 2.05) is 55.7 Å². The zero-order chi connectivity index (χ0) is 28.4. The molecule has 1 fully saturated rings. The third-order valence-corrected chi connectivity index (χ3v) is 7.96. The normalized spacial score (nSPS) is 14.4. The van der Waals surface area contributed by atoms with E-state index in [2.05, 4.69) is 71.5 Å². The van der Waals surface area contributed by atoms with E-state index in [1.165, 1.54) is 16.7 Å². The van der Waals surface area contributed by atoms with E-state index in [-0.39, 0.29) is 6.04 Å². The van der Waals surface area contributed by atoms with Crippen molar-refractivity contribution in [3.63, 3.8) is 0 Å². The summed E-state index contributed by atoms with van der Waals surface area (Å²) in [6.45, 7) is 7.24. The molecule has 3 aromatic carbocycles. The van der Waals surface area contributed by atoms with Crippen LogP contribution in [0.4, 0.5) is 11.5 Å². The number of hydrogen-bond acceptors (Lipinski definition) is 6. The van der Waals surface area contributed by atoms with Gasteiger partial charge in [0.25, 0.3) is 0 Å². The predicted molar refractivity (Wildman–Crippen MR) is 170 cm³/mol. The van der Waals surface area contributed by atoms with Crippen molar-refractivity contribution in [2.24, 2.45) is 0 Å². The van der Waals surface area contributed by atoms with Gasteiger partial charge in [0.1, 0.15) is 17.3 Å². The van der Waals surface area contributed by atoms with Crippen LogP contribution in [0.3, 0.4) is 0 Å². The molecule has 4 aromatic rings. The van der Waals surface area contributed by atoms with Gasteiger partial charge in [-0.3, -0.25) is 0 Å². The van der Waals surface area contributed by atoms with Gasteiger partial charge < -0.3 is 26.0 Å². The van der Waals surface area contributed by atoms with Gasteiger partial charge in [0.15, 0.2) is 0 Å². The van der Waals surface area contributed by atoms with E-state index in [0.29, 0.717) is 6.04 Å². The first kappa shape index (κ1) is 28.7. The number of para-hydroxylation sites is 1. The lowest BCUT2D eigenvalue weighted by Gasteiger charge is -2.29. The fourth-order valence-corrected chi connectivity index (χ4v) is 5.63. The van der Waals surface area contributed by atoms with Crippen LogP contribution in [0.1, 0.15) is 60.5 Å². The minimum Gasteiger partial charge on any atom is -0.457 e. The van der Waals surface area contributed by atoms with Gasteiger partial charge in [0.05, 0.1) is 6.04 Å². The lowest BCUT2D eigenvalue weighted by molar-refractivity contribution is 0.478. The molecule has 0 bridgehead atoms. The van der Waals surface area contributed by atoms with Crippen LogP contribution in [0.25, 0.3) is 0 Å². The van der Waals surface area contributed by atoms with E-state index < -0.39 is 0 Å². The second kappa shape index (κ2) is 14.2. The maximum atomic E-state index is 6.06. The number of ether oxygens (including phenoxy) is 1. The third kappa shape index (κ3) is 7.26. The Labute approximate surface area is 245 Å². The molecule has 5 rings (SSSR count). The number of piperidine rings is 1. The summed E-state index contributed by atoms with van der Waals surface area (Å²) in [6.07, 6.45) is 6.18. The van der Waals surface area contributed by atoms with Crippen LogP contribution >= 0.6 is 0 Å². The number of pyridine rings is 1. The Morgan fingerprint density at radius 1 is 0.878 bits per heavy atom. The summed E-state index contributed by atoms with van der Waals surface area (Å²) in [5, 5.41) is 14.7. The number of benzene rings is 3. The number of anilines is 2. The Morgan fingerprint density at radius 2 is 1.63 bits per heavy atom. The second-order valence-corrected chi connectivity index (χ2v) is 10.7. The number of nitrogens with one attached hydrogen (secondary N) is 4. The Hall–Kier alpha value is -3.87. The van der Waals surface area contributed by atoms with Crippen LogP contribution < -0.4 is 26.0 Å². The van der Waals surface area contributed by atoms with E-state index in [0.717, 1.165) is 79.4 Å². The van der Waals surface area contributed by atoms with Gasteiger partial charge in [-0.25, -0.2) is 4.98 Å². The lowest BCUT2D eigenvalue weighted by Crippen LogP contribution is -2.36. The molecule has 1 aliphatic heterocycles. The molecule has 1 aliphatic rings. The van der Waals surface area contributed by atoms with Crippen molar-refractivity contribution in [1.82, 2.24) is 15.6 Å². The summed E-state index contributed by atoms with van der Waals surface area (Å²) < 4.78 is 6.06. The van der Waals surface area contributed by atoms with E-state index >= 15 is 0 Å². The van der Waals surface area contributed by atoms with Crippen LogP contribution in [0.15, 0.2) is 85.1 Å². The second-order valence-electron chi connectivity index (χ2n) is 10.7. The Balaban J connectivity index is 1.45. The van der Waals surface area contributed by atoms with Crippen LogP contribution in [-0.2, 0) is 19.4 Å². The van der Waals surface area contributed by atoms with Gasteiger partial charge in [-0.2, -0.15) is 0 Å². The van der Waals surface area contributed by atoms with Gasteiger partial charge >= 0.3 is 0 Å². The first-order valence-corrected chi connectivity index (χ1v) is 15.0. The third-order valence-electron chi connectivity index (χ3n) is 7.96. The van der Waals surface area contributed by atoms with Crippen molar-refractivity contribution in [3.8, 4) is 11.5 Å². The van der Waals surface area contributed by atoms with Gasteiger partial charge in [-0.1, -0.05) is 62.4 Å². The number of hydrogen-bond donors (Lipinski definition) is 4. The average Bonchev–Trinajstić information content (AvgIpc) is 3.03. The molecule has 0 radical (unpaired) electrons. The summed E-state index contributed by atoms with van der Waals surface area (Å²) in [5.41, 5.74) is 7.49. The van der Waals surface area contributed by atoms with Gasteiger partial charge in [0.2, 0.25) is 0 Å². The van der Waals surface area contributed by atoms with Gasteiger partial charge in [-0.05, 0) is 98.4 Å². The number of nitrogens with zero attached hydrogens (tertiary/aromatic N) is 1. The smallest absolute Gasteiger partial charge is 0.133 e. The van der Waals surface area contributed by atoms with Crippen molar-refractivity contribution < 1.29 is 4.74 Å². The SMILES string of the molecule is CCc1ccc(CNc2nccc(NC3CCNCC3)c2C(NC)c2ccc(Oc3ccccc3)cc2)c(CC)c1. The molecule has 1 atom stereocenters. The molecule has 0 aliphatic carbocycles. The highest BCUT2D eigenvalue weighted by molar-refractivity contribution is 5.66. The maximum absolute atomic E-state index is 6.06. The molecule has 1 saturated heterocycles. The van der Waals surface area contributed by atoms with Crippen LogP contribution in [0, 0.1) is 0 Å². The van der Waals surface area contributed by atoms with Crippen LogP contribution in [0.2, 0.25) is 0 Å². The fourth-order valence-electron chi connectivity index (χ4n) is 5.63. The highest BCUT2D eigenvalue weighted by Crippen LogP contribution is 2.35. The zero-order valence-corrected chi connectivity index (χ0v) is 24.5. The Bertz CT molecular complexity index is 1380. The molecule has 214 valence electrons. The molecule has 6 heteroatoms. The average molecular weight is 550 g/mol. The summed E-state index contributed by atoms with van der Waals surface area (Å²) in [5.74, 6) is 2.54. The first-order chi connectivity index (χ1) is 20.2. The summed E-state index contributed by atoms with van der Waals surface area (Å²) in [4.78, 5) is 4.88. The minimum atomic E-state index is -0.0608. The molecule has 41 heavy (non-hydrogen) atoms. The zero-order valence-electron chi connectivity index (χ0n) is 24.5. The van der Waals surface area contributed by atoms with Crippen LogP contribution in [-0.4, -0.2) is 31.2 Å². The Kier molecular flexibility index (Phi) is 9.89. The molecular formula is C35H43N5O. The van der Waals surface area contributed by atoms with E-state index in [4.69, 9.17) is 9.72 Å². The highest BCUT2D eigenvalue weighted by Gasteiger charge is 2.23. The molecule has 4 N–H and O–H groups in total. The molecule has 0 saturated carbocycles. The predicted octanol–water partition coefficient (Wildman–Crippen LogP) is 7.08. The molecule has 2 heterocycles. The van der Waals surface area contributed by atoms with Crippen molar-refractivity contribution in [2.45, 2.75) is 58.2 Å². The quantitative estimate of drug-likeness (QED) is 0.151. The van der Waals surface area contributed by atoms with Crippen molar-refractivity contribution in [2.75, 3.05) is 30.8 Å². The largest absolute Gasteiger partial charge is 0.457 e. The number of aryl methyl sites for hydroxylation is 2. The van der Waals surface area contributed by atoms with Crippen LogP contribution in [0.5, 0.6) is 11.5 Å².